The summed E-state index contributed by atoms with van der Waals surface area (Å²) in [5, 5.41) is 8.95. The van der Waals surface area contributed by atoms with E-state index in [0.717, 1.165) is 35.0 Å². The fourth-order valence-electron chi connectivity index (χ4n) is 3.03. The average molecular weight is 359 g/mol. The number of carbonyl (C=O) groups excluding carboxylic acids is 1. The van der Waals surface area contributed by atoms with Gasteiger partial charge in [0.25, 0.3) is 5.91 Å². The topological polar surface area (TPSA) is 90.5 Å². The number of fused-ring (bicyclic) bond motifs is 1. The molecule has 5 rings (SSSR count). The van der Waals surface area contributed by atoms with E-state index in [0.29, 0.717) is 17.4 Å². The molecule has 0 spiro atoms. The van der Waals surface area contributed by atoms with Gasteiger partial charge in [-0.2, -0.15) is 5.10 Å². The normalized spacial score (nSPS) is 13.8. The van der Waals surface area contributed by atoms with Crippen molar-refractivity contribution in [2.45, 2.75) is 18.9 Å². The van der Waals surface area contributed by atoms with Crippen LogP contribution in [0.25, 0.3) is 22.2 Å². The lowest BCUT2D eigenvalue weighted by Gasteiger charge is -2.06. The molecular formula is C19H17N7O. The highest BCUT2D eigenvalue weighted by atomic mass is 16.1. The lowest BCUT2D eigenvalue weighted by atomic mass is 10.1. The van der Waals surface area contributed by atoms with Gasteiger partial charge < -0.3 is 9.88 Å². The fourth-order valence-corrected chi connectivity index (χ4v) is 3.03. The van der Waals surface area contributed by atoms with Gasteiger partial charge in [0.2, 0.25) is 0 Å². The molecule has 0 atom stereocenters. The van der Waals surface area contributed by atoms with Crippen molar-refractivity contribution in [3.05, 3.63) is 55.0 Å². The minimum atomic E-state index is -0.213. The zero-order valence-electron chi connectivity index (χ0n) is 14.7. The first kappa shape index (κ1) is 15.7. The van der Waals surface area contributed by atoms with Gasteiger partial charge in [-0.25, -0.2) is 9.97 Å². The summed E-state index contributed by atoms with van der Waals surface area (Å²) in [5.74, 6) is 0.281. The maximum Gasteiger partial charge on any atom is 0.260 e. The van der Waals surface area contributed by atoms with Gasteiger partial charge in [-0.15, -0.1) is 0 Å². The molecule has 4 aromatic heterocycles. The number of pyridine rings is 2. The van der Waals surface area contributed by atoms with Gasteiger partial charge in [0.05, 0.1) is 41.7 Å². The molecule has 27 heavy (non-hydrogen) atoms. The smallest absolute Gasteiger partial charge is 0.260 e. The van der Waals surface area contributed by atoms with Gasteiger partial charge >= 0.3 is 0 Å². The molecule has 0 aromatic carbocycles. The Morgan fingerprint density at radius 2 is 1.96 bits per heavy atom. The van der Waals surface area contributed by atoms with Crippen molar-refractivity contribution in [1.29, 1.82) is 0 Å². The van der Waals surface area contributed by atoms with E-state index in [1.54, 1.807) is 37.3 Å². The van der Waals surface area contributed by atoms with E-state index in [-0.39, 0.29) is 5.91 Å². The summed E-state index contributed by atoms with van der Waals surface area (Å²) in [6.07, 6.45) is 12.6. The molecule has 4 aromatic rings. The van der Waals surface area contributed by atoms with Crippen LogP contribution in [-0.4, -0.2) is 35.2 Å². The van der Waals surface area contributed by atoms with Crippen molar-refractivity contribution in [3.8, 4) is 11.4 Å². The number of nitrogens with one attached hydrogen (secondary N) is 1. The summed E-state index contributed by atoms with van der Waals surface area (Å²) in [4.78, 5) is 25.4. The number of anilines is 1. The van der Waals surface area contributed by atoms with Crippen LogP contribution in [0.1, 0.15) is 29.2 Å². The van der Waals surface area contributed by atoms with E-state index in [9.17, 15) is 4.79 Å². The van der Waals surface area contributed by atoms with E-state index < -0.39 is 0 Å². The quantitative estimate of drug-likeness (QED) is 0.605. The molecule has 1 aliphatic carbocycles. The predicted molar refractivity (Wildman–Crippen MR) is 100 cm³/mol. The van der Waals surface area contributed by atoms with Crippen LogP contribution in [-0.2, 0) is 7.05 Å². The Morgan fingerprint density at radius 3 is 2.74 bits per heavy atom. The summed E-state index contributed by atoms with van der Waals surface area (Å²) in [6.45, 7) is 0. The zero-order chi connectivity index (χ0) is 18.4. The van der Waals surface area contributed by atoms with Gasteiger partial charge in [0, 0.05) is 31.0 Å². The van der Waals surface area contributed by atoms with E-state index in [1.165, 1.54) is 0 Å². The molecule has 0 unspecified atom stereocenters. The number of carbonyl (C=O) groups is 1. The Hall–Kier alpha value is -3.55. The fraction of sp³-hybridized carbons (Fsp3) is 0.211. The van der Waals surface area contributed by atoms with Crippen LogP contribution < -0.4 is 5.32 Å². The van der Waals surface area contributed by atoms with Crippen molar-refractivity contribution in [1.82, 2.24) is 29.3 Å². The molecule has 8 heteroatoms. The van der Waals surface area contributed by atoms with Gasteiger partial charge in [-0.1, -0.05) is 0 Å². The largest absolute Gasteiger partial charge is 0.332 e. The van der Waals surface area contributed by atoms with Gasteiger partial charge in [0.15, 0.2) is 0 Å². The number of hydrogen-bond donors (Lipinski definition) is 1. The lowest BCUT2D eigenvalue weighted by Crippen LogP contribution is -2.12. The average Bonchev–Trinajstić information content (AvgIpc) is 3.24. The van der Waals surface area contributed by atoms with E-state index in [2.05, 4.69) is 25.4 Å². The molecule has 0 bridgehead atoms. The van der Waals surface area contributed by atoms with E-state index in [1.807, 2.05) is 28.4 Å². The van der Waals surface area contributed by atoms with Crippen LogP contribution in [0.3, 0.4) is 0 Å². The molecule has 1 fully saturated rings. The standard InChI is InChI=1S/C19H17N7O/c1-25-11-20-9-17(25)16-4-12-5-18(22-7-13(12)6-21-16)24-19(27)14-8-23-26(10-14)15-2-3-15/h4-11,15H,2-3H2,1H3,(H,22,24,27). The highest BCUT2D eigenvalue weighted by Crippen LogP contribution is 2.34. The Labute approximate surface area is 154 Å². The maximum absolute atomic E-state index is 12.5. The first-order valence-electron chi connectivity index (χ1n) is 8.75. The first-order chi connectivity index (χ1) is 13.2. The van der Waals surface area contributed by atoms with Crippen molar-refractivity contribution in [3.63, 3.8) is 0 Å². The molecule has 1 amide bonds. The third kappa shape index (κ3) is 2.95. The second-order valence-electron chi connectivity index (χ2n) is 6.77. The molecule has 4 heterocycles. The second kappa shape index (κ2) is 6.01. The number of aromatic nitrogens is 6. The second-order valence-corrected chi connectivity index (χ2v) is 6.77. The van der Waals surface area contributed by atoms with Crippen molar-refractivity contribution in [2.75, 3.05) is 5.32 Å². The van der Waals surface area contributed by atoms with Gasteiger partial charge in [0.1, 0.15) is 5.82 Å². The van der Waals surface area contributed by atoms with Crippen LogP contribution >= 0.6 is 0 Å². The number of imidazole rings is 1. The predicted octanol–water partition coefficient (Wildman–Crippen LogP) is 2.81. The molecule has 1 N–H and O–H groups in total. The zero-order valence-corrected chi connectivity index (χ0v) is 14.7. The van der Waals surface area contributed by atoms with Crippen LogP contribution in [0.2, 0.25) is 0 Å². The van der Waals surface area contributed by atoms with Crippen LogP contribution in [0, 0.1) is 0 Å². The number of nitrogens with zero attached hydrogens (tertiary/aromatic N) is 6. The van der Waals surface area contributed by atoms with Crippen LogP contribution in [0.4, 0.5) is 5.82 Å². The summed E-state index contributed by atoms with van der Waals surface area (Å²) >= 11 is 0. The Bertz CT molecular complexity index is 1160. The Balaban J connectivity index is 1.42. The minimum Gasteiger partial charge on any atom is -0.332 e. The minimum absolute atomic E-state index is 0.213. The summed E-state index contributed by atoms with van der Waals surface area (Å²) in [7, 11) is 1.92. The van der Waals surface area contributed by atoms with Gasteiger partial charge in [-0.3, -0.25) is 14.5 Å². The highest BCUT2D eigenvalue weighted by Gasteiger charge is 2.25. The summed E-state index contributed by atoms with van der Waals surface area (Å²) < 4.78 is 3.77. The molecule has 1 saturated carbocycles. The van der Waals surface area contributed by atoms with Crippen LogP contribution in [0.5, 0.6) is 0 Å². The third-order valence-corrected chi connectivity index (χ3v) is 4.71. The van der Waals surface area contributed by atoms with E-state index >= 15 is 0 Å². The highest BCUT2D eigenvalue weighted by molar-refractivity contribution is 6.04. The van der Waals surface area contributed by atoms with Gasteiger partial charge in [-0.05, 0) is 30.4 Å². The Kier molecular flexibility index (Phi) is 3.49. The summed E-state index contributed by atoms with van der Waals surface area (Å²) in [5.41, 5.74) is 2.28. The lowest BCUT2D eigenvalue weighted by molar-refractivity contribution is 0.102. The summed E-state index contributed by atoms with van der Waals surface area (Å²) in [6, 6.07) is 4.26. The van der Waals surface area contributed by atoms with Crippen molar-refractivity contribution in [2.24, 2.45) is 7.05 Å². The molecule has 134 valence electrons. The van der Waals surface area contributed by atoms with Crippen molar-refractivity contribution >= 4 is 22.5 Å². The molecule has 0 saturated heterocycles. The SMILES string of the molecule is Cn1cncc1-c1cc2cc(NC(=O)c3cnn(C4CC4)c3)ncc2cn1. The first-order valence-corrected chi connectivity index (χ1v) is 8.75. The van der Waals surface area contributed by atoms with E-state index in [4.69, 9.17) is 0 Å². The number of amides is 1. The molecule has 1 aliphatic rings. The maximum atomic E-state index is 12.5. The molecule has 8 nitrogen and oxygen atoms in total. The molecule has 0 aliphatic heterocycles. The van der Waals surface area contributed by atoms with Crippen LogP contribution in [0.15, 0.2) is 49.4 Å². The number of rotatable bonds is 4. The number of aryl methyl sites for hydroxylation is 1. The third-order valence-electron chi connectivity index (χ3n) is 4.71. The number of hydrogen-bond acceptors (Lipinski definition) is 5. The monoisotopic (exact) mass is 359 g/mol. The molecule has 0 radical (unpaired) electrons. The Morgan fingerprint density at radius 1 is 1.11 bits per heavy atom. The van der Waals surface area contributed by atoms with Crippen molar-refractivity contribution < 1.29 is 4.79 Å². The molecular weight excluding hydrogens is 342 g/mol.